The molecular weight excluding hydrogens is 441 g/mol. The fraction of sp³-hybridized carbons (Fsp3) is 0.357. The van der Waals surface area contributed by atoms with Gasteiger partial charge in [-0.15, -0.1) is 11.8 Å². The number of fused-ring (bicyclic) bond motifs is 1. The molecule has 0 aliphatic heterocycles. The summed E-state index contributed by atoms with van der Waals surface area (Å²) in [6.07, 6.45) is -4.63. The standard InChI is InChI=1S/C14H12BrF3N4OS2/c1-4-24-12-8(20-13(15)25-12)10-19-6-5-7(14(16,17)18)21(2)11(23)9(6)22(10)3/h5H,4H2,1-3H3. The first-order valence-electron chi connectivity index (χ1n) is 7.08. The molecule has 3 aromatic rings. The zero-order chi connectivity index (χ0) is 18.5. The Kier molecular flexibility index (Phi) is 4.75. The number of alkyl halides is 3. The molecule has 0 saturated heterocycles. The van der Waals surface area contributed by atoms with Crippen molar-refractivity contribution < 1.29 is 13.2 Å². The third kappa shape index (κ3) is 3.13. The third-order valence-corrected chi connectivity index (χ3v) is 6.26. The molecule has 0 N–H and O–H groups in total. The highest BCUT2D eigenvalue weighted by Crippen LogP contribution is 2.38. The van der Waals surface area contributed by atoms with E-state index in [2.05, 4.69) is 25.9 Å². The molecule has 0 aliphatic rings. The van der Waals surface area contributed by atoms with Crippen LogP contribution in [0.5, 0.6) is 0 Å². The second-order valence-corrected chi connectivity index (χ2v) is 8.96. The van der Waals surface area contributed by atoms with E-state index in [1.165, 1.54) is 15.9 Å². The van der Waals surface area contributed by atoms with E-state index >= 15 is 0 Å². The van der Waals surface area contributed by atoms with Crippen molar-refractivity contribution in [1.29, 1.82) is 0 Å². The van der Waals surface area contributed by atoms with Crippen molar-refractivity contribution in [3.63, 3.8) is 0 Å². The molecule has 0 atom stereocenters. The van der Waals surface area contributed by atoms with Crippen molar-refractivity contribution in [1.82, 2.24) is 19.1 Å². The fourth-order valence-corrected chi connectivity index (χ4v) is 5.37. The topological polar surface area (TPSA) is 52.7 Å². The van der Waals surface area contributed by atoms with E-state index in [1.54, 1.807) is 18.8 Å². The Hall–Kier alpha value is -1.33. The lowest BCUT2D eigenvalue weighted by atomic mass is 10.3. The quantitative estimate of drug-likeness (QED) is 0.556. The van der Waals surface area contributed by atoms with E-state index in [0.29, 0.717) is 20.0 Å². The molecule has 3 aromatic heterocycles. The minimum atomic E-state index is -4.63. The highest BCUT2D eigenvalue weighted by atomic mass is 79.9. The fourth-order valence-electron chi connectivity index (χ4n) is 2.50. The van der Waals surface area contributed by atoms with Crippen LogP contribution in [-0.2, 0) is 20.3 Å². The van der Waals surface area contributed by atoms with E-state index in [9.17, 15) is 18.0 Å². The number of pyridine rings is 1. The molecule has 0 aliphatic carbocycles. The summed E-state index contributed by atoms with van der Waals surface area (Å²) in [7, 11) is 2.71. The van der Waals surface area contributed by atoms with Crippen molar-refractivity contribution in [2.24, 2.45) is 14.1 Å². The number of rotatable bonds is 3. The number of aryl methyl sites for hydroxylation is 1. The van der Waals surface area contributed by atoms with Gasteiger partial charge in [0.05, 0.1) is 9.73 Å². The van der Waals surface area contributed by atoms with Gasteiger partial charge in [-0.3, -0.25) is 4.79 Å². The van der Waals surface area contributed by atoms with Crippen molar-refractivity contribution in [3.05, 3.63) is 26.0 Å². The van der Waals surface area contributed by atoms with Gasteiger partial charge < -0.3 is 9.13 Å². The average Bonchev–Trinajstić information content (AvgIpc) is 3.02. The molecule has 0 spiro atoms. The molecule has 0 aromatic carbocycles. The van der Waals surface area contributed by atoms with E-state index in [1.807, 2.05) is 6.92 Å². The number of aromatic nitrogens is 4. The van der Waals surface area contributed by atoms with Gasteiger partial charge in [0.1, 0.15) is 16.9 Å². The summed E-state index contributed by atoms with van der Waals surface area (Å²) in [4.78, 5) is 21.1. The summed E-state index contributed by atoms with van der Waals surface area (Å²) in [6.45, 7) is 1.99. The van der Waals surface area contributed by atoms with Crippen LogP contribution in [0.4, 0.5) is 13.2 Å². The Morgan fingerprint density at radius 2 is 1.96 bits per heavy atom. The van der Waals surface area contributed by atoms with Crippen LogP contribution in [0.2, 0.25) is 0 Å². The Morgan fingerprint density at radius 1 is 1.28 bits per heavy atom. The van der Waals surface area contributed by atoms with Gasteiger partial charge in [0.15, 0.2) is 9.74 Å². The normalized spacial score (nSPS) is 12.3. The smallest absolute Gasteiger partial charge is 0.321 e. The number of hydrogen-bond donors (Lipinski definition) is 0. The highest BCUT2D eigenvalue weighted by Gasteiger charge is 2.35. The minimum absolute atomic E-state index is 0.00416. The molecule has 0 saturated carbocycles. The van der Waals surface area contributed by atoms with Crippen LogP contribution in [0.3, 0.4) is 0 Å². The number of hydrogen-bond acceptors (Lipinski definition) is 5. The van der Waals surface area contributed by atoms with Crippen molar-refractivity contribution in [3.8, 4) is 11.5 Å². The highest BCUT2D eigenvalue weighted by molar-refractivity contribution is 9.11. The number of imidazole rings is 1. The minimum Gasteiger partial charge on any atom is -0.321 e. The van der Waals surface area contributed by atoms with E-state index in [-0.39, 0.29) is 11.0 Å². The summed E-state index contributed by atoms with van der Waals surface area (Å²) in [5.41, 5.74) is -1.10. The van der Waals surface area contributed by atoms with Crippen LogP contribution < -0.4 is 5.56 Å². The van der Waals surface area contributed by atoms with Gasteiger partial charge in [-0.25, -0.2) is 9.97 Å². The van der Waals surface area contributed by atoms with Crippen LogP contribution >= 0.6 is 39.0 Å². The first-order valence-corrected chi connectivity index (χ1v) is 9.67. The molecule has 0 bridgehead atoms. The van der Waals surface area contributed by atoms with Gasteiger partial charge in [0.2, 0.25) is 0 Å². The first-order chi connectivity index (χ1) is 11.6. The molecule has 3 heterocycles. The molecule has 0 fully saturated rings. The summed E-state index contributed by atoms with van der Waals surface area (Å²) < 4.78 is 43.1. The largest absolute Gasteiger partial charge is 0.431 e. The van der Waals surface area contributed by atoms with Crippen LogP contribution in [0.25, 0.3) is 22.6 Å². The van der Waals surface area contributed by atoms with Crippen LogP contribution in [-0.4, -0.2) is 24.9 Å². The molecule has 0 unspecified atom stereocenters. The summed E-state index contributed by atoms with van der Waals surface area (Å²) >= 11 is 6.30. The van der Waals surface area contributed by atoms with Gasteiger partial charge >= 0.3 is 6.18 Å². The molecule has 0 radical (unpaired) electrons. The molecule has 25 heavy (non-hydrogen) atoms. The summed E-state index contributed by atoms with van der Waals surface area (Å²) in [5, 5.41) is 0. The predicted octanol–water partition coefficient (Wildman–Crippen LogP) is 4.29. The monoisotopic (exact) mass is 452 g/mol. The lowest BCUT2D eigenvalue weighted by molar-refractivity contribution is -0.143. The van der Waals surface area contributed by atoms with Crippen molar-refractivity contribution in [2.75, 3.05) is 5.75 Å². The SMILES string of the molecule is CCSc1sc(Br)nc1-c1nc2cc(C(F)(F)F)n(C)c(=O)c2n1C. The lowest BCUT2D eigenvalue weighted by Crippen LogP contribution is -2.26. The Labute approximate surface area is 157 Å². The van der Waals surface area contributed by atoms with E-state index in [0.717, 1.165) is 23.1 Å². The van der Waals surface area contributed by atoms with Gasteiger partial charge in [-0.05, 0) is 27.7 Å². The molecule has 0 amide bonds. The zero-order valence-electron chi connectivity index (χ0n) is 13.3. The number of halogens is 4. The molecule has 3 rings (SSSR count). The second-order valence-electron chi connectivity index (χ2n) is 5.16. The number of nitrogens with zero attached hydrogens (tertiary/aromatic N) is 4. The number of thioether (sulfide) groups is 1. The second kappa shape index (κ2) is 6.44. The Morgan fingerprint density at radius 3 is 2.56 bits per heavy atom. The van der Waals surface area contributed by atoms with Gasteiger partial charge in [-0.1, -0.05) is 18.3 Å². The van der Waals surface area contributed by atoms with Crippen LogP contribution in [0, 0.1) is 0 Å². The van der Waals surface area contributed by atoms with Crippen LogP contribution in [0.1, 0.15) is 12.6 Å². The van der Waals surface area contributed by atoms with Gasteiger partial charge in [-0.2, -0.15) is 13.2 Å². The molecule has 5 nitrogen and oxygen atoms in total. The predicted molar refractivity (Wildman–Crippen MR) is 96.2 cm³/mol. The van der Waals surface area contributed by atoms with Gasteiger partial charge in [0.25, 0.3) is 5.56 Å². The molecule has 11 heteroatoms. The van der Waals surface area contributed by atoms with E-state index < -0.39 is 17.4 Å². The third-order valence-electron chi connectivity index (χ3n) is 3.61. The number of thiazole rings is 1. The van der Waals surface area contributed by atoms with Crippen molar-refractivity contribution in [2.45, 2.75) is 17.3 Å². The summed E-state index contributed by atoms with van der Waals surface area (Å²) in [6, 6.07) is 0.897. The maximum Gasteiger partial charge on any atom is 0.431 e. The Bertz CT molecular complexity index is 1020. The van der Waals surface area contributed by atoms with Crippen molar-refractivity contribution >= 4 is 50.1 Å². The average molecular weight is 453 g/mol. The van der Waals surface area contributed by atoms with Gasteiger partial charge in [0, 0.05) is 14.1 Å². The summed E-state index contributed by atoms with van der Waals surface area (Å²) in [5.74, 6) is 1.18. The van der Waals surface area contributed by atoms with Crippen LogP contribution in [0.15, 0.2) is 19.0 Å². The van der Waals surface area contributed by atoms with E-state index in [4.69, 9.17) is 0 Å². The maximum absolute atomic E-state index is 13.1. The molecule has 134 valence electrons. The molecular formula is C14H12BrF3N4OS2. The maximum atomic E-state index is 13.1. The Balaban J connectivity index is 2.32. The lowest BCUT2D eigenvalue weighted by Gasteiger charge is -2.11. The first kappa shape index (κ1) is 18.5. The zero-order valence-corrected chi connectivity index (χ0v) is 16.5.